The number of anilines is 2. The van der Waals surface area contributed by atoms with Crippen LogP contribution in [0.1, 0.15) is 37.1 Å². The van der Waals surface area contributed by atoms with Gasteiger partial charge in [0, 0.05) is 38.8 Å². The Bertz CT molecular complexity index is 1980. The average Bonchev–Trinajstić information content (AvgIpc) is 3.41. The number of nitrogens with zero attached hydrogens (tertiary/aromatic N) is 5. The van der Waals surface area contributed by atoms with E-state index in [2.05, 4.69) is 0 Å². The number of sulfonamides is 1. The van der Waals surface area contributed by atoms with Gasteiger partial charge in [-0.2, -0.15) is 25.9 Å². The fraction of sp³-hybridized carbons (Fsp3) is 0.400. The number of rotatable bonds is 10. The van der Waals surface area contributed by atoms with E-state index in [1.165, 1.54) is 32.0 Å². The molecular weight excluding hydrogens is 663 g/mol. The molecule has 1 aromatic heterocycles. The summed E-state index contributed by atoms with van der Waals surface area (Å²) in [5.41, 5.74) is 0.723. The van der Waals surface area contributed by atoms with Gasteiger partial charge in [-0.15, -0.1) is 0 Å². The molecule has 1 fully saturated rings. The summed E-state index contributed by atoms with van der Waals surface area (Å²) in [5, 5.41) is 9.73. The van der Waals surface area contributed by atoms with Gasteiger partial charge in [-0.3, -0.25) is 4.55 Å². The highest BCUT2D eigenvalue weighted by Gasteiger charge is 2.36. The molecule has 5 rings (SSSR count). The maximum absolute atomic E-state index is 13.6. The van der Waals surface area contributed by atoms with Gasteiger partial charge in [-0.1, -0.05) is 12.5 Å². The molecule has 0 aliphatic carbocycles. The van der Waals surface area contributed by atoms with Crippen LogP contribution in [0.15, 0.2) is 59.3 Å². The van der Waals surface area contributed by atoms with Gasteiger partial charge in [0.2, 0.25) is 10.0 Å². The summed E-state index contributed by atoms with van der Waals surface area (Å²) in [6.45, 7) is 0.318. The summed E-state index contributed by atoms with van der Waals surface area (Å²) in [7, 11) is -4.77. The van der Waals surface area contributed by atoms with Crippen LogP contribution in [-0.4, -0.2) is 73.8 Å². The number of carbonyl (C=O) groups is 1. The summed E-state index contributed by atoms with van der Waals surface area (Å²) in [5.74, 6) is -0.937. The Labute approximate surface area is 270 Å². The third kappa shape index (κ3) is 7.17. The quantitative estimate of drug-likeness (QED) is 0.239. The minimum Gasteiger partial charge on any atom is -0.478 e. The van der Waals surface area contributed by atoms with E-state index in [0.29, 0.717) is 41.5 Å². The molecule has 0 bridgehead atoms. The number of imidazole rings is 1. The highest BCUT2D eigenvalue weighted by atomic mass is 32.2. The molecule has 0 unspecified atom stereocenters. The van der Waals surface area contributed by atoms with Crippen molar-refractivity contribution in [1.82, 2.24) is 8.87 Å². The van der Waals surface area contributed by atoms with E-state index < -0.39 is 50.1 Å². The van der Waals surface area contributed by atoms with Crippen molar-refractivity contribution in [2.75, 3.05) is 42.2 Å². The Morgan fingerprint density at radius 2 is 1.72 bits per heavy atom. The molecule has 0 radical (unpaired) electrons. The maximum atomic E-state index is 13.6. The molecule has 1 saturated heterocycles. The molecule has 12 nitrogen and oxygen atoms in total. The van der Waals surface area contributed by atoms with Gasteiger partial charge in [0.05, 0.1) is 34.6 Å². The lowest BCUT2D eigenvalue weighted by Gasteiger charge is -2.25. The van der Waals surface area contributed by atoms with Gasteiger partial charge in [-0.05, 0) is 55.7 Å². The van der Waals surface area contributed by atoms with Gasteiger partial charge in [0.15, 0.2) is 17.6 Å². The average molecular weight is 699 g/mol. The number of carboxylic acids is 1. The summed E-state index contributed by atoms with van der Waals surface area (Å²) in [6, 6.07) is 7.83. The van der Waals surface area contributed by atoms with Crippen molar-refractivity contribution >= 4 is 54.6 Å². The first kappa shape index (κ1) is 34.4. The molecule has 2 aliphatic heterocycles. The van der Waals surface area contributed by atoms with Crippen molar-refractivity contribution < 1.29 is 49.0 Å². The Morgan fingerprint density at radius 1 is 1.02 bits per heavy atom. The lowest BCUT2D eigenvalue weighted by atomic mass is 10.1. The smallest absolute Gasteiger partial charge is 0.416 e. The zero-order chi connectivity index (χ0) is 34.3. The van der Waals surface area contributed by atoms with Crippen molar-refractivity contribution in [3.8, 4) is 0 Å². The van der Waals surface area contributed by atoms with Crippen LogP contribution in [0.25, 0.3) is 17.1 Å². The molecule has 3 heterocycles. The number of aliphatic carboxylic acids is 1. The van der Waals surface area contributed by atoms with Crippen LogP contribution in [0, 0.1) is 0 Å². The zero-order valence-electron chi connectivity index (χ0n) is 25.7. The summed E-state index contributed by atoms with van der Waals surface area (Å²) in [6.07, 6.45) is 2.56. The predicted molar refractivity (Wildman–Crippen MR) is 169 cm³/mol. The largest absolute Gasteiger partial charge is 0.478 e. The first-order valence-electron chi connectivity index (χ1n) is 14.8. The van der Waals surface area contributed by atoms with Crippen LogP contribution in [0.5, 0.6) is 0 Å². The Hall–Kier alpha value is -3.93. The summed E-state index contributed by atoms with van der Waals surface area (Å²) < 4.78 is 104. The second kappa shape index (κ2) is 12.9. The van der Waals surface area contributed by atoms with E-state index in [1.807, 2.05) is 0 Å². The van der Waals surface area contributed by atoms with Gasteiger partial charge < -0.3 is 14.9 Å². The van der Waals surface area contributed by atoms with Crippen LogP contribution in [-0.2, 0) is 44.7 Å². The number of aryl methyl sites for hydroxylation is 1. The van der Waals surface area contributed by atoms with Crippen LogP contribution < -0.4 is 14.4 Å². The van der Waals surface area contributed by atoms with E-state index in [9.17, 15) is 44.5 Å². The predicted octanol–water partition coefficient (Wildman–Crippen LogP) is 3.83. The maximum Gasteiger partial charge on any atom is 0.416 e. The highest BCUT2D eigenvalue weighted by molar-refractivity contribution is 7.89. The SMILES string of the molecule is CN1/C(=C\C=C\c2n(CC(=O)O)c3cc(S(=O)(=O)N4CCCCC4)ccc3[n+]2C)N(CCCS(=O)(=O)O)c2cc(C(F)(F)F)ccc21. The van der Waals surface area contributed by atoms with E-state index in [-0.39, 0.29) is 23.5 Å². The lowest BCUT2D eigenvalue weighted by molar-refractivity contribution is -0.647. The van der Waals surface area contributed by atoms with Crippen molar-refractivity contribution in [1.29, 1.82) is 0 Å². The van der Waals surface area contributed by atoms with E-state index >= 15 is 0 Å². The second-order valence-electron chi connectivity index (χ2n) is 11.4. The van der Waals surface area contributed by atoms with Crippen molar-refractivity contribution in [3.05, 3.63) is 65.8 Å². The third-order valence-electron chi connectivity index (χ3n) is 8.32. The van der Waals surface area contributed by atoms with Crippen LogP contribution >= 0.6 is 0 Å². The standard InChI is InChI=1S/C30H34F3N5O7S2/c1-34-23-12-10-21(30(31,32)33)18-25(23)37(16-7-17-46(41,42)43)27(34)8-6-9-28-35(2)24-13-11-22(19-26(24)38(28)20-29(39)40)47(44,45)36-14-4-3-5-15-36/h6,8-13,18-19H,3-5,7,14-17,20H2,1-2H3,(H-,39,40,41,42,43)/p+1. The van der Waals surface area contributed by atoms with Crippen molar-refractivity contribution in [2.45, 2.75) is 43.3 Å². The van der Waals surface area contributed by atoms with Crippen LogP contribution in [0.4, 0.5) is 24.5 Å². The van der Waals surface area contributed by atoms with Crippen molar-refractivity contribution in [3.63, 3.8) is 0 Å². The van der Waals surface area contributed by atoms with Gasteiger partial charge in [0.1, 0.15) is 5.82 Å². The number of aromatic nitrogens is 2. The normalized spacial score (nSPS) is 17.4. The topological polar surface area (TPSA) is 144 Å². The first-order chi connectivity index (χ1) is 22.0. The molecule has 0 amide bonds. The number of allylic oxidation sites excluding steroid dienone is 2. The van der Waals surface area contributed by atoms with E-state index in [0.717, 1.165) is 31.4 Å². The fourth-order valence-electron chi connectivity index (χ4n) is 6.04. The Kier molecular flexibility index (Phi) is 9.47. The van der Waals surface area contributed by atoms with Gasteiger partial charge in [-0.25, -0.2) is 22.3 Å². The molecule has 2 N–H and O–H groups in total. The number of benzene rings is 2. The monoisotopic (exact) mass is 698 g/mol. The number of piperidine rings is 1. The minimum absolute atomic E-state index is 0.0283. The van der Waals surface area contributed by atoms with E-state index in [1.54, 1.807) is 47.9 Å². The molecule has 47 heavy (non-hydrogen) atoms. The molecule has 254 valence electrons. The zero-order valence-corrected chi connectivity index (χ0v) is 27.3. The van der Waals surface area contributed by atoms with Crippen LogP contribution in [0.2, 0.25) is 0 Å². The number of halogens is 3. The molecule has 2 aliphatic rings. The van der Waals surface area contributed by atoms with Crippen LogP contribution in [0.3, 0.4) is 0 Å². The molecule has 17 heteroatoms. The Balaban J connectivity index is 1.55. The third-order valence-corrected chi connectivity index (χ3v) is 11.0. The molecule has 3 aromatic rings. The second-order valence-corrected chi connectivity index (χ2v) is 15.0. The number of hydrogen-bond donors (Lipinski definition) is 2. The molecular formula is C30H35F3N5O7S2+. The number of alkyl halides is 3. The molecule has 2 aromatic carbocycles. The van der Waals surface area contributed by atoms with Gasteiger partial charge in [0.25, 0.3) is 15.9 Å². The molecule has 0 spiro atoms. The molecule has 0 atom stereocenters. The van der Waals surface area contributed by atoms with E-state index in [4.69, 9.17) is 0 Å². The fourth-order valence-corrected chi connectivity index (χ4v) is 8.07. The highest BCUT2D eigenvalue weighted by Crippen LogP contribution is 2.44. The first-order valence-corrected chi connectivity index (χ1v) is 17.8. The molecule has 0 saturated carbocycles. The number of carboxylic acid groups (broad SMARTS) is 1. The summed E-state index contributed by atoms with van der Waals surface area (Å²) >= 11 is 0. The minimum atomic E-state index is -4.61. The summed E-state index contributed by atoms with van der Waals surface area (Å²) in [4.78, 5) is 15.1. The lowest BCUT2D eigenvalue weighted by Crippen LogP contribution is -2.35. The number of fused-ring (bicyclic) bond motifs is 2. The Morgan fingerprint density at radius 3 is 2.36 bits per heavy atom. The van der Waals surface area contributed by atoms with Crippen molar-refractivity contribution in [2.24, 2.45) is 7.05 Å². The van der Waals surface area contributed by atoms with Gasteiger partial charge >= 0.3 is 12.1 Å². The number of hydrogen-bond acceptors (Lipinski definition) is 7.